The molecule has 1 aromatic rings. The number of carboxylic acid groups (broad SMARTS) is 1. The number of carboxylic acids is 1. The van der Waals surface area contributed by atoms with Gasteiger partial charge in [0.15, 0.2) is 0 Å². The quantitative estimate of drug-likeness (QED) is 0.487. The minimum Gasteiger partial charge on any atom is -0.494 e. The van der Waals surface area contributed by atoms with Crippen molar-refractivity contribution in [3.63, 3.8) is 0 Å². The van der Waals surface area contributed by atoms with Gasteiger partial charge in [-0.2, -0.15) is 0 Å². The highest BCUT2D eigenvalue weighted by molar-refractivity contribution is 5.93. The standard InChI is InChI=1S/C16H21N3O6/c1-2-25-12-5-3-11(4-6-12)17-13(20)7-8-14(21)18-19-15(22)9-10-16(23)24/h3-6H,2,7-10H2,1H3,(H,17,20)(H,18,21)(H,19,22)(H,23,24). The number of aliphatic carboxylic acids is 1. The summed E-state index contributed by atoms with van der Waals surface area (Å²) in [5, 5.41) is 11.1. The lowest BCUT2D eigenvalue weighted by Crippen LogP contribution is -2.41. The van der Waals surface area contributed by atoms with Crippen molar-refractivity contribution in [3.05, 3.63) is 24.3 Å². The van der Waals surface area contributed by atoms with E-state index in [9.17, 15) is 19.2 Å². The maximum Gasteiger partial charge on any atom is 0.303 e. The molecule has 0 bridgehead atoms. The third-order valence-corrected chi connectivity index (χ3v) is 2.94. The van der Waals surface area contributed by atoms with Gasteiger partial charge in [0.2, 0.25) is 17.7 Å². The van der Waals surface area contributed by atoms with E-state index in [1.165, 1.54) is 0 Å². The molecular weight excluding hydrogens is 330 g/mol. The molecule has 1 aromatic carbocycles. The maximum atomic E-state index is 11.8. The van der Waals surface area contributed by atoms with Crippen molar-refractivity contribution in [1.82, 2.24) is 10.9 Å². The smallest absolute Gasteiger partial charge is 0.303 e. The Bertz CT molecular complexity index is 615. The van der Waals surface area contributed by atoms with Crippen LogP contribution in [0.1, 0.15) is 32.6 Å². The lowest BCUT2D eigenvalue weighted by atomic mass is 10.2. The molecule has 0 radical (unpaired) electrons. The third kappa shape index (κ3) is 8.94. The summed E-state index contributed by atoms with van der Waals surface area (Å²) < 4.78 is 5.29. The molecule has 0 atom stereocenters. The summed E-state index contributed by atoms with van der Waals surface area (Å²) in [7, 11) is 0. The zero-order chi connectivity index (χ0) is 18.7. The molecule has 25 heavy (non-hydrogen) atoms. The van der Waals surface area contributed by atoms with E-state index in [2.05, 4.69) is 16.2 Å². The number of rotatable bonds is 9. The Kier molecular flexibility index (Phi) is 8.48. The highest BCUT2D eigenvalue weighted by atomic mass is 16.5. The second kappa shape index (κ2) is 10.6. The molecule has 0 fully saturated rings. The Morgan fingerprint density at radius 1 is 0.880 bits per heavy atom. The predicted molar refractivity (Wildman–Crippen MR) is 88.6 cm³/mol. The fourth-order valence-electron chi connectivity index (χ4n) is 1.74. The van der Waals surface area contributed by atoms with Crippen LogP contribution in [0.5, 0.6) is 5.75 Å². The van der Waals surface area contributed by atoms with Crippen LogP contribution in [0.3, 0.4) is 0 Å². The van der Waals surface area contributed by atoms with E-state index in [-0.39, 0.29) is 31.6 Å². The minimum absolute atomic E-state index is 0.0654. The molecule has 0 heterocycles. The van der Waals surface area contributed by atoms with Crippen LogP contribution in [-0.2, 0) is 19.2 Å². The largest absolute Gasteiger partial charge is 0.494 e. The molecule has 0 aromatic heterocycles. The van der Waals surface area contributed by atoms with Crippen molar-refractivity contribution in [2.75, 3.05) is 11.9 Å². The van der Waals surface area contributed by atoms with Gasteiger partial charge in [0, 0.05) is 24.9 Å². The van der Waals surface area contributed by atoms with Crippen LogP contribution in [-0.4, -0.2) is 35.4 Å². The SMILES string of the molecule is CCOc1ccc(NC(=O)CCC(=O)NNC(=O)CCC(=O)O)cc1. The zero-order valence-corrected chi connectivity index (χ0v) is 13.8. The molecular formula is C16H21N3O6. The van der Waals surface area contributed by atoms with Crippen molar-refractivity contribution in [1.29, 1.82) is 0 Å². The zero-order valence-electron chi connectivity index (χ0n) is 13.8. The summed E-state index contributed by atoms with van der Waals surface area (Å²) in [4.78, 5) is 44.8. The fraction of sp³-hybridized carbons (Fsp3) is 0.375. The van der Waals surface area contributed by atoms with Gasteiger partial charge in [-0.3, -0.25) is 30.0 Å². The van der Waals surface area contributed by atoms with Crippen molar-refractivity contribution in [2.24, 2.45) is 0 Å². The Morgan fingerprint density at radius 2 is 1.40 bits per heavy atom. The lowest BCUT2D eigenvalue weighted by molar-refractivity contribution is -0.139. The average Bonchev–Trinajstić information content (AvgIpc) is 2.58. The molecule has 9 heteroatoms. The molecule has 136 valence electrons. The molecule has 1 rings (SSSR count). The second-order valence-electron chi connectivity index (χ2n) is 5.00. The first-order valence-electron chi connectivity index (χ1n) is 7.73. The van der Waals surface area contributed by atoms with Crippen LogP contribution < -0.4 is 20.9 Å². The average molecular weight is 351 g/mol. The van der Waals surface area contributed by atoms with Gasteiger partial charge in [0.1, 0.15) is 5.75 Å². The second-order valence-corrected chi connectivity index (χ2v) is 5.00. The molecule has 0 spiro atoms. The summed E-state index contributed by atoms with van der Waals surface area (Å²) in [6.45, 7) is 2.42. The van der Waals surface area contributed by atoms with Crippen LogP contribution in [0.4, 0.5) is 5.69 Å². The summed E-state index contributed by atoms with van der Waals surface area (Å²) >= 11 is 0. The van der Waals surface area contributed by atoms with E-state index >= 15 is 0 Å². The summed E-state index contributed by atoms with van der Waals surface area (Å²) in [6.07, 6.45) is -0.758. The van der Waals surface area contributed by atoms with Crippen molar-refractivity contribution in [2.45, 2.75) is 32.6 Å². The molecule has 0 unspecified atom stereocenters. The van der Waals surface area contributed by atoms with Crippen LogP contribution in [0.25, 0.3) is 0 Å². The maximum absolute atomic E-state index is 11.8. The summed E-state index contributed by atoms with van der Waals surface area (Å²) in [5.41, 5.74) is 4.78. The van der Waals surface area contributed by atoms with Gasteiger partial charge in [-0.15, -0.1) is 0 Å². The first kappa shape index (κ1) is 19.9. The monoisotopic (exact) mass is 351 g/mol. The number of hydrogen-bond donors (Lipinski definition) is 4. The molecule has 0 aliphatic heterocycles. The Labute approximate surface area is 144 Å². The van der Waals surface area contributed by atoms with E-state index < -0.39 is 17.8 Å². The van der Waals surface area contributed by atoms with Gasteiger partial charge in [-0.1, -0.05) is 0 Å². The van der Waals surface area contributed by atoms with Gasteiger partial charge >= 0.3 is 5.97 Å². The highest BCUT2D eigenvalue weighted by Gasteiger charge is 2.09. The minimum atomic E-state index is -1.10. The topological polar surface area (TPSA) is 134 Å². The number of nitrogens with one attached hydrogen (secondary N) is 3. The number of carbonyl (C=O) groups excluding carboxylic acids is 3. The number of ether oxygens (including phenoxy) is 1. The summed E-state index contributed by atoms with van der Waals surface area (Å²) in [5.74, 6) is -1.93. The van der Waals surface area contributed by atoms with Crippen molar-refractivity contribution in [3.8, 4) is 5.75 Å². The van der Waals surface area contributed by atoms with Gasteiger partial charge < -0.3 is 15.2 Å². The van der Waals surface area contributed by atoms with Crippen LogP contribution >= 0.6 is 0 Å². The van der Waals surface area contributed by atoms with Crippen molar-refractivity contribution >= 4 is 29.4 Å². The van der Waals surface area contributed by atoms with Crippen LogP contribution in [0, 0.1) is 0 Å². The molecule has 0 saturated heterocycles. The first-order chi connectivity index (χ1) is 11.9. The van der Waals surface area contributed by atoms with E-state index in [1.807, 2.05) is 6.92 Å². The first-order valence-corrected chi connectivity index (χ1v) is 7.73. The van der Waals surface area contributed by atoms with Crippen LogP contribution in [0.15, 0.2) is 24.3 Å². The van der Waals surface area contributed by atoms with Gasteiger partial charge in [-0.05, 0) is 31.2 Å². The van der Waals surface area contributed by atoms with Gasteiger partial charge in [0.05, 0.1) is 13.0 Å². The predicted octanol–water partition coefficient (Wildman–Crippen LogP) is 0.816. The molecule has 3 amide bonds. The van der Waals surface area contributed by atoms with Gasteiger partial charge in [0.25, 0.3) is 0 Å². The van der Waals surface area contributed by atoms with Crippen molar-refractivity contribution < 1.29 is 29.0 Å². The Hall–Kier alpha value is -3.10. The van der Waals surface area contributed by atoms with E-state index in [1.54, 1.807) is 24.3 Å². The molecule has 4 N–H and O–H groups in total. The molecule has 0 aliphatic rings. The summed E-state index contributed by atoms with van der Waals surface area (Å²) in [6, 6.07) is 6.81. The normalized spacial score (nSPS) is 9.80. The number of hydrogen-bond acceptors (Lipinski definition) is 5. The number of benzene rings is 1. The fourth-order valence-corrected chi connectivity index (χ4v) is 1.74. The van der Waals surface area contributed by atoms with E-state index in [4.69, 9.17) is 9.84 Å². The Balaban J connectivity index is 2.25. The number of amides is 3. The Morgan fingerprint density at radius 3 is 1.92 bits per heavy atom. The molecule has 0 aliphatic carbocycles. The number of hydrazine groups is 1. The lowest BCUT2D eigenvalue weighted by Gasteiger charge is -2.08. The third-order valence-electron chi connectivity index (χ3n) is 2.94. The van der Waals surface area contributed by atoms with E-state index in [0.29, 0.717) is 18.0 Å². The van der Waals surface area contributed by atoms with E-state index in [0.717, 1.165) is 0 Å². The van der Waals surface area contributed by atoms with Crippen LogP contribution in [0.2, 0.25) is 0 Å². The van der Waals surface area contributed by atoms with Gasteiger partial charge in [-0.25, -0.2) is 0 Å². The number of anilines is 1. The molecule has 0 saturated carbocycles. The molecule has 9 nitrogen and oxygen atoms in total. The number of carbonyl (C=O) groups is 4. The highest BCUT2D eigenvalue weighted by Crippen LogP contribution is 2.15.